The molecule has 1 aliphatic heterocycles. The molecule has 5 rings (SSSR count). The van der Waals surface area contributed by atoms with E-state index in [0.717, 1.165) is 34.8 Å². The minimum atomic E-state index is -0.0125. The Bertz CT molecular complexity index is 486. The Labute approximate surface area is 140 Å². The molecule has 1 spiro atoms. The predicted octanol–water partition coefficient (Wildman–Crippen LogP) is 4.88. The number of rotatable bonds is 0. The third-order valence-corrected chi connectivity index (χ3v) is 10.8. The van der Waals surface area contributed by atoms with Crippen molar-refractivity contribution in [3.63, 3.8) is 0 Å². The first-order valence-electron chi connectivity index (χ1n) is 9.79. The standard InChI is InChI=1S/C20H32OS/c1-18-9-10-20(12-22-20)11-13(18)3-4-14-15-5-6-17(21)19(15,2)8-7-16(14)18/h13-17,21H,3-12H2,1-2H3/t13-,14-,15+,16-,17+,18+,19+,20-/m1/s1. The smallest absolute Gasteiger partial charge is 0.0596 e. The van der Waals surface area contributed by atoms with E-state index in [1.807, 2.05) is 0 Å². The van der Waals surface area contributed by atoms with Gasteiger partial charge in [-0.15, -0.1) is 0 Å². The molecule has 0 unspecified atom stereocenters. The SMILES string of the molecule is C[C@]12CC[C@]3(CS3)C[C@H]1CC[C@H]1[C@H]2CC[C@]2(C)[C@@H](O)CC[C@@H]12. The molecule has 22 heavy (non-hydrogen) atoms. The van der Waals surface area contributed by atoms with Gasteiger partial charge in [0.25, 0.3) is 0 Å². The summed E-state index contributed by atoms with van der Waals surface area (Å²) in [7, 11) is 0. The highest BCUT2D eigenvalue weighted by molar-refractivity contribution is 8.07. The van der Waals surface area contributed by atoms with E-state index in [0.29, 0.717) is 5.41 Å². The summed E-state index contributed by atoms with van der Waals surface area (Å²) in [5.41, 5.74) is 0.888. The molecule has 1 saturated heterocycles. The van der Waals surface area contributed by atoms with E-state index in [9.17, 15) is 5.11 Å². The molecule has 1 heterocycles. The van der Waals surface area contributed by atoms with Gasteiger partial charge in [-0.3, -0.25) is 0 Å². The van der Waals surface area contributed by atoms with E-state index in [4.69, 9.17) is 0 Å². The van der Waals surface area contributed by atoms with Crippen LogP contribution in [0.2, 0.25) is 0 Å². The number of hydrogen-bond acceptors (Lipinski definition) is 2. The second-order valence-electron chi connectivity index (χ2n) is 9.97. The van der Waals surface area contributed by atoms with Crippen molar-refractivity contribution in [3.05, 3.63) is 0 Å². The summed E-state index contributed by atoms with van der Waals surface area (Å²) in [6.07, 6.45) is 12.6. The normalized spacial score (nSPS) is 63.1. The molecular formula is C20H32OS. The predicted molar refractivity (Wildman–Crippen MR) is 92.9 cm³/mol. The van der Waals surface area contributed by atoms with Crippen molar-refractivity contribution in [2.75, 3.05) is 5.75 Å². The van der Waals surface area contributed by atoms with E-state index >= 15 is 0 Å². The van der Waals surface area contributed by atoms with Gasteiger partial charge in [0.05, 0.1) is 6.10 Å². The number of fused-ring (bicyclic) bond motifs is 5. The number of aliphatic hydroxyl groups is 1. The summed E-state index contributed by atoms with van der Waals surface area (Å²) < 4.78 is 0.740. The Morgan fingerprint density at radius 2 is 1.64 bits per heavy atom. The molecule has 0 bridgehead atoms. The van der Waals surface area contributed by atoms with E-state index < -0.39 is 0 Å². The molecule has 0 aromatic rings. The maximum Gasteiger partial charge on any atom is 0.0596 e. The molecule has 1 nitrogen and oxygen atoms in total. The average Bonchev–Trinajstić information content (AvgIpc) is 3.19. The number of thioether (sulfide) groups is 1. The van der Waals surface area contributed by atoms with Crippen molar-refractivity contribution < 1.29 is 5.11 Å². The Morgan fingerprint density at radius 3 is 2.41 bits per heavy atom. The zero-order valence-corrected chi connectivity index (χ0v) is 15.1. The van der Waals surface area contributed by atoms with E-state index in [-0.39, 0.29) is 11.5 Å². The van der Waals surface area contributed by atoms with Gasteiger partial charge < -0.3 is 5.11 Å². The minimum Gasteiger partial charge on any atom is -0.393 e. The van der Waals surface area contributed by atoms with Gasteiger partial charge in [-0.2, -0.15) is 11.8 Å². The van der Waals surface area contributed by atoms with Crippen molar-refractivity contribution in [2.45, 2.75) is 82.5 Å². The lowest BCUT2D eigenvalue weighted by molar-refractivity contribution is -0.122. The summed E-state index contributed by atoms with van der Waals surface area (Å²) in [5, 5.41) is 10.5. The van der Waals surface area contributed by atoms with Crippen LogP contribution in [-0.4, -0.2) is 21.7 Å². The summed E-state index contributed by atoms with van der Waals surface area (Å²) in [6.45, 7) is 5.08. The Hall–Kier alpha value is 0.310. The van der Waals surface area contributed by atoms with Crippen LogP contribution in [0.25, 0.3) is 0 Å². The first kappa shape index (κ1) is 14.6. The van der Waals surface area contributed by atoms with Crippen LogP contribution in [0.15, 0.2) is 0 Å². The van der Waals surface area contributed by atoms with Gasteiger partial charge in [-0.25, -0.2) is 0 Å². The molecule has 0 radical (unpaired) electrons. The largest absolute Gasteiger partial charge is 0.393 e. The molecule has 2 heteroatoms. The molecule has 4 aliphatic carbocycles. The lowest BCUT2D eigenvalue weighted by atomic mass is 9.44. The van der Waals surface area contributed by atoms with Gasteiger partial charge in [0.15, 0.2) is 0 Å². The van der Waals surface area contributed by atoms with Crippen LogP contribution in [0.3, 0.4) is 0 Å². The fourth-order valence-electron chi connectivity index (χ4n) is 7.64. The van der Waals surface area contributed by atoms with Gasteiger partial charge in [0.2, 0.25) is 0 Å². The third kappa shape index (κ3) is 1.78. The minimum absolute atomic E-state index is 0.0125. The van der Waals surface area contributed by atoms with Crippen molar-refractivity contribution in [2.24, 2.45) is 34.5 Å². The molecule has 5 fully saturated rings. The van der Waals surface area contributed by atoms with Crippen LogP contribution in [0, 0.1) is 34.5 Å². The lowest BCUT2D eigenvalue weighted by Crippen LogP contribution is -2.54. The average molecular weight is 321 g/mol. The monoisotopic (exact) mass is 320 g/mol. The van der Waals surface area contributed by atoms with Crippen LogP contribution in [0.4, 0.5) is 0 Å². The lowest BCUT2D eigenvalue weighted by Gasteiger charge is -2.61. The van der Waals surface area contributed by atoms with Crippen LogP contribution >= 0.6 is 11.8 Å². The van der Waals surface area contributed by atoms with Crippen LogP contribution < -0.4 is 0 Å². The maximum atomic E-state index is 10.5. The van der Waals surface area contributed by atoms with E-state index in [2.05, 4.69) is 25.6 Å². The third-order valence-electron chi connectivity index (χ3n) is 9.31. The van der Waals surface area contributed by atoms with Gasteiger partial charge in [0, 0.05) is 10.5 Å². The van der Waals surface area contributed by atoms with Crippen LogP contribution in [-0.2, 0) is 0 Å². The second-order valence-corrected chi connectivity index (χ2v) is 11.4. The summed E-state index contributed by atoms with van der Waals surface area (Å²) in [5.74, 6) is 5.19. The number of aliphatic hydroxyl groups excluding tert-OH is 1. The highest BCUT2D eigenvalue weighted by Crippen LogP contribution is 2.69. The molecule has 124 valence electrons. The van der Waals surface area contributed by atoms with Crippen LogP contribution in [0.5, 0.6) is 0 Å². The molecule has 0 aromatic carbocycles. The Morgan fingerprint density at radius 1 is 0.864 bits per heavy atom. The fraction of sp³-hybridized carbons (Fsp3) is 1.00. The topological polar surface area (TPSA) is 20.2 Å². The van der Waals surface area contributed by atoms with E-state index in [1.54, 1.807) is 0 Å². The molecule has 4 saturated carbocycles. The molecule has 1 N–H and O–H groups in total. The van der Waals surface area contributed by atoms with Crippen LogP contribution in [0.1, 0.15) is 71.6 Å². The Kier molecular flexibility index (Phi) is 2.98. The first-order valence-corrected chi connectivity index (χ1v) is 10.8. The van der Waals surface area contributed by atoms with E-state index in [1.165, 1.54) is 57.1 Å². The van der Waals surface area contributed by atoms with Crippen molar-refractivity contribution in [1.29, 1.82) is 0 Å². The Balaban J connectivity index is 1.44. The molecular weight excluding hydrogens is 288 g/mol. The molecule has 0 aromatic heterocycles. The molecule has 0 amide bonds. The quantitative estimate of drug-likeness (QED) is 0.642. The highest BCUT2D eigenvalue weighted by Gasteiger charge is 2.62. The van der Waals surface area contributed by atoms with Crippen molar-refractivity contribution >= 4 is 11.8 Å². The van der Waals surface area contributed by atoms with Crippen molar-refractivity contribution in [1.82, 2.24) is 0 Å². The molecule has 5 aliphatic rings. The zero-order chi connectivity index (χ0) is 15.2. The fourth-order valence-corrected chi connectivity index (χ4v) is 8.68. The summed E-state index contributed by atoms with van der Waals surface area (Å²) in [4.78, 5) is 0. The number of hydrogen-bond donors (Lipinski definition) is 1. The van der Waals surface area contributed by atoms with Gasteiger partial charge >= 0.3 is 0 Å². The second kappa shape index (κ2) is 4.48. The summed E-state index contributed by atoms with van der Waals surface area (Å²) in [6, 6.07) is 0. The maximum absolute atomic E-state index is 10.5. The highest BCUT2D eigenvalue weighted by atomic mass is 32.2. The van der Waals surface area contributed by atoms with Gasteiger partial charge in [0.1, 0.15) is 0 Å². The van der Waals surface area contributed by atoms with Gasteiger partial charge in [-0.05, 0) is 92.3 Å². The zero-order valence-electron chi connectivity index (χ0n) is 14.3. The van der Waals surface area contributed by atoms with Gasteiger partial charge in [-0.1, -0.05) is 13.8 Å². The first-order chi connectivity index (χ1) is 10.5. The van der Waals surface area contributed by atoms with Crippen molar-refractivity contribution in [3.8, 4) is 0 Å². The summed E-state index contributed by atoms with van der Waals surface area (Å²) >= 11 is 2.26. The molecule has 8 atom stereocenters.